The summed E-state index contributed by atoms with van der Waals surface area (Å²) in [6.07, 6.45) is 2.08. The third-order valence-corrected chi connectivity index (χ3v) is 4.15. The summed E-state index contributed by atoms with van der Waals surface area (Å²) in [5.41, 5.74) is 8.60. The molecule has 110 valence electrons. The Labute approximate surface area is 133 Å². The first-order chi connectivity index (χ1) is 10.2. The Bertz CT molecular complexity index is 630. The molecule has 3 nitrogen and oxygen atoms in total. The van der Waals surface area contributed by atoms with Gasteiger partial charge in [0.25, 0.3) is 0 Å². The lowest BCUT2D eigenvalue weighted by Crippen LogP contribution is -2.09. The molecule has 0 unspecified atom stereocenters. The fraction of sp³-hybridized carbons (Fsp3) is 0.294. The van der Waals surface area contributed by atoms with E-state index in [9.17, 15) is 0 Å². The van der Waals surface area contributed by atoms with E-state index in [1.807, 2.05) is 30.3 Å². The summed E-state index contributed by atoms with van der Waals surface area (Å²) >= 11 is 3.42. The molecule has 2 aromatic carbocycles. The first-order valence-corrected chi connectivity index (χ1v) is 7.91. The minimum Gasteiger partial charge on any atom is -0.490 e. The lowest BCUT2D eigenvalue weighted by atomic mass is 10.1. The van der Waals surface area contributed by atoms with E-state index in [2.05, 4.69) is 28.1 Å². The average Bonchev–Trinajstić information content (AvgIpc) is 2.85. The van der Waals surface area contributed by atoms with Gasteiger partial charge in [-0.25, -0.2) is 0 Å². The predicted molar refractivity (Wildman–Crippen MR) is 86.8 cm³/mol. The van der Waals surface area contributed by atoms with Crippen LogP contribution in [-0.4, -0.2) is 13.2 Å². The Kier molecular flexibility index (Phi) is 4.46. The molecule has 0 heterocycles. The summed E-state index contributed by atoms with van der Waals surface area (Å²) in [7, 11) is 0. The van der Waals surface area contributed by atoms with E-state index in [4.69, 9.17) is 15.2 Å². The Morgan fingerprint density at radius 1 is 1.05 bits per heavy atom. The molecule has 1 aliphatic rings. The highest BCUT2D eigenvalue weighted by Crippen LogP contribution is 2.31. The van der Waals surface area contributed by atoms with Crippen LogP contribution in [0.3, 0.4) is 0 Å². The van der Waals surface area contributed by atoms with E-state index in [0.717, 1.165) is 28.8 Å². The average molecular weight is 348 g/mol. The number of nitrogens with two attached hydrogens (primary N) is 1. The standard InChI is InChI=1S/C17H18BrNO2/c18-13-2-1-3-14(11-13)20-8-9-21-15-5-6-16-12(10-15)4-7-17(16)19/h1-3,5-6,10-11,17H,4,7-9,19H2/t17-/m0/s1. The summed E-state index contributed by atoms with van der Waals surface area (Å²) < 4.78 is 12.4. The van der Waals surface area contributed by atoms with Crippen molar-refractivity contribution in [2.45, 2.75) is 18.9 Å². The SMILES string of the molecule is N[C@H]1CCc2cc(OCCOc3cccc(Br)c3)ccc21. The maximum absolute atomic E-state index is 6.03. The van der Waals surface area contributed by atoms with Crippen molar-refractivity contribution in [3.8, 4) is 11.5 Å². The maximum Gasteiger partial charge on any atom is 0.122 e. The smallest absolute Gasteiger partial charge is 0.122 e. The van der Waals surface area contributed by atoms with Gasteiger partial charge in [-0.1, -0.05) is 28.1 Å². The van der Waals surface area contributed by atoms with Crippen LogP contribution >= 0.6 is 15.9 Å². The quantitative estimate of drug-likeness (QED) is 0.835. The molecule has 0 saturated heterocycles. The van der Waals surface area contributed by atoms with Gasteiger partial charge in [-0.2, -0.15) is 0 Å². The third-order valence-electron chi connectivity index (χ3n) is 3.66. The lowest BCUT2D eigenvalue weighted by Gasteiger charge is -2.10. The Morgan fingerprint density at radius 2 is 1.81 bits per heavy atom. The third kappa shape index (κ3) is 3.57. The highest BCUT2D eigenvalue weighted by Gasteiger charge is 2.18. The zero-order valence-corrected chi connectivity index (χ0v) is 13.3. The van der Waals surface area contributed by atoms with Gasteiger partial charge in [0.15, 0.2) is 0 Å². The number of rotatable bonds is 5. The molecule has 0 amide bonds. The van der Waals surface area contributed by atoms with Crippen molar-refractivity contribution in [2.75, 3.05) is 13.2 Å². The van der Waals surface area contributed by atoms with Gasteiger partial charge >= 0.3 is 0 Å². The van der Waals surface area contributed by atoms with Crippen LogP contribution in [0, 0.1) is 0 Å². The Hall–Kier alpha value is -1.52. The highest BCUT2D eigenvalue weighted by atomic mass is 79.9. The molecule has 0 fully saturated rings. The second kappa shape index (κ2) is 6.50. The predicted octanol–water partition coefficient (Wildman–Crippen LogP) is 3.85. The van der Waals surface area contributed by atoms with Crippen LogP contribution in [0.2, 0.25) is 0 Å². The minimum atomic E-state index is 0.189. The summed E-state index contributed by atoms with van der Waals surface area (Å²) in [5.74, 6) is 1.73. The molecule has 4 heteroatoms. The van der Waals surface area contributed by atoms with Gasteiger partial charge in [-0.15, -0.1) is 0 Å². The van der Waals surface area contributed by atoms with Crippen molar-refractivity contribution in [3.63, 3.8) is 0 Å². The maximum atomic E-state index is 6.03. The van der Waals surface area contributed by atoms with Crippen LogP contribution in [0.25, 0.3) is 0 Å². The first-order valence-electron chi connectivity index (χ1n) is 7.12. The topological polar surface area (TPSA) is 44.5 Å². The minimum absolute atomic E-state index is 0.189. The van der Waals surface area contributed by atoms with E-state index < -0.39 is 0 Å². The molecule has 0 saturated carbocycles. The van der Waals surface area contributed by atoms with Crippen molar-refractivity contribution >= 4 is 15.9 Å². The zero-order chi connectivity index (χ0) is 14.7. The molecule has 2 N–H and O–H groups in total. The molecular formula is C17H18BrNO2. The summed E-state index contributed by atoms with van der Waals surface area (Å²) in [6.45, 7) is 1.05. The molecule has 0 aromatic heterocycles. The van der Waals surface area contributed by atoms with Crippen molar-refractivity contribution in [1.29, 1.82) is 0 Å². The first kappa shape index (κ1) is 14.4. The second-order valence-corrected chi connectivity index (χ2v) is 6.08. The monoisotopic (exact) mass is 347 g/mol. The largest absolute Gasteiger partial charge is 0.490 e. The van der Waals surface area contributed by atoms with Crippen molar-refractivity contribution in [1.82, 2.24) is 0 Å². The molecule has 0 aliphatic heterocycles. The van der Waals surface area contributed by atoms with Gasteiger partial charge < -0.3 is 15.2 Å². The van der Waals surface area contributed by atoms with Gasteiger partial charge in [0.2, 0.25) is 0 Å². The molecule has 0 bridgehead atoms. The van der Waals surface area contributed by atoms with Crippen molar-refractivity contribution < 1.29 is 9.47 Å². The van der Waals surface area contributed by atoms with Crippen molar-refractivity contribution in [3.05, 3.63) is 58.1 Å². The lowest BCUT2D eigenvalue weighted by molar-refractivity contribution is 0.217. The molecule has 2 aromatic rings. The number of aryl methyl sites for hydroxylation is 1. The summed E-state index contributed by atoms with van der Waals surface area (Å²) in [5, 5.41) is 0. The number of ether oxygens (including phenoxy) is 2. The summed E-state index contributed by atoms with van der Waals surface area (Å²) in [4.78, 5) is 0. The number of halogens is 1. The van der Waals surface area contributed by atoms with Gasteiger partial charge in [-0.05, 0) is 54.3 Å². The molecule has 3 rings (SSSR count). The van der Waals surface area contributed by atoms with Crippen LogP contribution in [0.4, 0.5) is 0 Å². The van der Waals surface area contributed by atoms with E-state index >= 15 is 0 Å². The Morgan fingerprint density at radius 3 is 2.57 bits per heavy atom. The van der Waals surface area contributed by atoms with Crippen LogP contribution in [0.5, 0.6) is 11.5 Å². The molecule has 1 aliphatic carbocycles. The second-order valence-electron chi connectivity index (χ2n) is 5.16. The zero-order valence-electron chi connectivity index (χ0n) is 11.7. The van der Waals surface area contributed by atoms with Crippen LogP contribution < -0.4 is 15.2 Å². The van der Waals surface area contributed by atoms with E-state index in [0.29, 0.717) is 13.2 Å². The van der Waals surface area contributed by atoms with Crippen molar-refractivity contribution in [2.24, 2.45) is 5.73 Å². The van der Waals surface area contributed by atoms with Crippen LogP contribution in [-0.2, 0) is 6.42 Å². The molecule has 1 atom stereocenters. The highest BCUT2D eigenvalue weighted by molar-refractivity contribution is 9.10. The normalized spacial score (nSPS) is 16.6. The van der Waals surface area contributed by atoms with E-state index in [1.165, 1.54) is 11.1 Å². The van der Waals surface area contributed by atoms with Crippen LogP contribution in [0.1, 0.15) is 23.6 Å². The van der Waals surface area contributed by atoms with E-state index in [1.54, 1.807) is 0 Å². The Balaban J connectivity index is 1.50. The number of benzene rings is 2. The molecule has 0 radical (unpaired) electrons. The number of fused-ring (bicyclic) bond motifs is 1. The van der Waals surface area contributed by atoms with Gasteiger partial charge in [0.05, 0.1) is 0 Å². The molecule has 0 spiro atoms. The number of hydrogen-bond acceptors (Lipinski definition) is 3. The molecule has 21 heavy (non-hydrogen) atoms. The fourth-order valence-corrected chi connectivity index (χ4v) is 2.97. The fourth-order valence-electron chi connectivity index (χ4n) is 2.59. The number of hydrogen-bond donors (Lipinski definition) is 1. The molecular weight excluding hydrogens is 330 g/mol. The van der Waals surface area contributed by atoms with E-state index in [-0.39, 0.29) is 6.04 Å². The van der Waals surface area contributed by atoms with Gasteiger partial charge in [0.1, 0.15) is 24.7 Å². The van der Waals surface area contributed by atoms with Crippen LogP contribution in [0.15, 0.2) is 46.9 Å². The van der Waals surface area contributed by atoms with Gasteiger partial charge in [-0.3, -0.25) is 0 Å². The summed E-state index contributed by atoms with van der Waals surface area (Å²) in [6, 6.07) is 14.1. The van der Waals surface area contributed by atoms with Gasteiger partial charge in [0, 0.05) is 10.5 Å².